The molecule has 2 nitrogen and oxygen atoms in total. The molecule has 0 spiro atoms. The van der Waals surface area contributed by atoms with Gasteiger partial charge < -0.3 is 10.5 Å². The van der Waals surface area contributed by atoms with Gasteiger partial charge in [0.25, 0.3) is 0 Å². The molecule has 0 aliphatic heterocycles. The molecule has 0 radical (unpaired) electrons. The number of hydrogen-bond donors (Lipinski definition) is 1. The van der Waals surface area contributed by atoms with Gasteiger partial charge in [-0.1, -0.05) is 54.6 Å². The molecule has 3 rings (SSSR count). The Labute approximate surface area is 148 Å². The summed E-state index contributed by atoms with van der Waals surface area (Å²) in [5.41, 5.74) is 10.3. The predicted molar refractivity (Wildman–Crippen MR) is 100 cm³/mol. The molecule has 0 aliphatic rings. The van der Waals surface area contributed by atoms with Gasteiger partial charge in [-0.2, -0.15) is 0 Å². The van der Waals surface area contributed by atoms with Crippen LogP contribution in [0.2, 0.25) is 0 Å². The van der Waals surface area contributed by atoms with Gasteiger partial charge in [-0.3, -0.25) is 4.39 Å². The first-order chi connectivity index (χ1) is 12.3. The van der Waals surface area contributed by atoms with Gasteiger partial charge in [0.2, 0.25) is 0 Å². The van der Waals surface area contributed by atoms with Crippen molar-refractivity contribution in [1.82, 2.24) is 0 Å². The molecule has 1 unspecified atom stereocenters. The van der Waals surface area contributed by atoms with Crippen molar-refractivity contribution in [3.8, 4) is 16.9 Å². The summed E-state index contributed by atoms with van der Waals surface area (Å²) in [6, 6.07) is 25.7. The maximum Gasteiger partial charge on any atom is 0.119 e. The first-order valence-electron chi connectivity index (χ1n) is 8.45. The van der Waals surface area contributed by atoms with Crippen LogP contribution < -0.4 is 10.5 Å². The van der Waals surface area contributed by atoms with Crippen LogP contribution in [0, 0.1) is 0 Å². The molecule has 3 heteroatoms. The van der Waals surface area contributed by atoms with Gasteiger partial charge in [-0.25, -0.2) is 0 Å². The molecular formula is C22H22FNO. The number of halogens is 1. The fourth-order valence-corrected chi connectivity index (χ4v) is 2.76. The Hall–Kier alpha value is -2.65. The summed E-state index contributed by atoms with van der Waals surface area (Å²) in [6.07, 6.45) is 0.342. The largest absolute Gasteiger partial charge is 0.489 e. The Bertz CT molecular complexity index is 804. The Balaban J connectivity index is 1.76. The molecule has 0 aliphatic carbocycles. The summed E-state index contributed by atoms with van der Waals surface area (Å²) in [5.74, 6) is 0.854. The van der Waals surface area contributed by atoms with Gasteiger partial charge in [-0.05, 0) is 52.9 Å². The van der Waals surface area contributed by atoms with Crippen LogP contribution in [0.1, 0.15) is 23.6 Å². The zero-order valence-electron chi connectivity index (χ0n) is 14.1. The molecule has 3 aromatic rings. The van der Waals surface area contributed by atoms with E-state index in [1.807, 2.05) is 66.7 Å². The van der Waals surface area contributed by atoms with Gasteiger partial charge >= 0.3 is 0 Å². The fourth-order valence-electron chi connectivity index (χ4n) is 2.76. The topological polar surface area (TPSA) is 35.2 Å². The third kappa shape index (κ3) is 4.68. The van der Waals surface area contributed by atoms with E-state index in [2.05, 4.69) is 12.1 Å². The first-order valence-corrected chi connectivity index (χ1v) is 8.45. The lowest BCUT2D eigenvalue weighted by Gasteiger charge is -2.12. The molecule has 128 valence electrons. The lowest BCUT2D eigenvalue weighted by molar-refractivity contribution is 0.306. The SMILES string of the molecule is NC(CCF)c1cccc(-c2cccc(COc3ccccc3)c2)c1. The van der Waals surface area contributed by atoms with Gasteiger partial charge in [-0.15, -0.1) is 0 Å². The van der Waals surface area contributed by atoms with Crippen LogP contribution in [0.3, 0.4) is 0 Å². The van der Waals surface area contributed by atoms with Crippen LogP contribution in [-0.2, 0) is 6.61 Å². The second-order valence-electron chi connectivity index (χ2n) is 6.01. The van der Waals surface area contributed by atoms with Crippen LogP contribution in [0.25, 0.3) is 11.1 Å². The summed E-state index contributed by atoms with van der Waals surface area (Å²) in [7, 11) is 0. The zero-order chi connectivity index (χ0) is 17.5. The van der Waals surface area contributed by atoms with Crippen molar-refractivity contribution in [3.63, 3.8) is 0 Å². The van der Waals surface area contributed by atoms with Crippen molar-refractivity contribution >= 4 is 0 Å². The number of ether oxygens (including phenoxy) is 1. The number of hydrogen-bond acceptors (Lipinski definition) is 2. The quantitative estimate of drug-likeness (QED) is 0.636. The van der Waals surface area contributed by atoms with Crippen molar-refractivity contribution in [2.75, 3.05) is 6.67 Å². The van der Waals surface area contributed by atoms with Crippen molar-refractivity contribution in [1.29, 1.82) is 0 Å². The first kappa shape index (κ1) is 17.2. The van der Waals surface area contributed by atoms with Crippen molar-refractivity contribution < 1.29 is 9.13 Å². The molecule has 0 bridgehead atoms. The molecule has 0 saturated heterocycles. The lowest BCUT2D eigenvalue weighted by atomic mass is 9.97. The molecule has 0 heterocycles. The van der Waals surface area contributed by atoms with E-state index >= 15 is 0 Å². The summed E-state index contributed by atoms with van der Waals surface area (Å²) < 4.78 is 18.4. The third-order valence-electron chi connectivity index (χ3n) is 4.14. The van der Waals surface area contributed by atoms with Crippen LogP contribution in [0.4, 0.5) is 4.39 Å². The molecule has 3 aromatic carbocycles. The van der Waals surface area contributed by atoms with Crippen LogP contribution >= 0.6 is 0 Å². The normalized spacial score (nSPS) is 11.9. The van der Waals surface area contributed by atoms with Gasteiger partial charge in [0, 0.05) is 6.04 Å². The van der Waals surface area contributed by atoms with Crippen molar-refractivity contribution in [2.45, 2.75) is 19.1 Å². The highest BCUT2D eigenvalue weighted by Gasteiger charge is 2.07. The average molecular weight is 335 g/mol. The van der Waals surface area contributed by atoms with Crippen LogP contribution in [-0.4, -0.2) is 6.67 Å². The molecule has 0 saturated carbocycles. The Morgan fingerprint density at radius 3 is 2.32 bits per heavy atom. The summed E-state index contributed by atoms with van der Waals surface area (Å²) in [4.78, 5) is 0. The van der Waals surface area contributed by atoms with Gasteiger partial charge in [0.05, 0.1) is 6.67 Å². The molecule has 0 amide bonds. The Morgan fingerprint density at radius 2 is 1.56 bits per heavy atom. The Kier molecular flexibility index (Phi) is 5.81. The van der Waals surface area contributed by atoms with Gasteiger partial charge in [0.1, 0.15) is 12.4 Å². The maximum atomic E-state index is 12.5. The maximum absolute atomic E-state index is 12.5. The summed E-state index contributed by atoms with van der Waals surface area (Å²) in [6.45, 7) is 0.108. The molecule has 1 atom stereocenters. The van der Waals surface area contributed by atoms with Crippen LogP contribution in [0.15, 0.2) is 78.9 Å². The molecule has 2 N–H and O–H groups in total. The van der Waals surface area contributed by atoms with Gasteiger partial charge in [0.15, 0.2) is 0 Å². The minimum absolute atomic E-state index is 0.269. The monoisotopic (exact) mass is 335 g/mol. The standard InChI is InChI=1S/C22H22FNO/c23-13-12-22(24)20-9-5-8-19(15-20)18-7-4-6-17(14-18)16-25-21-10-2-1-3-11-21/h1-11,14-15,22H,12-13,16,24H2. The lowest BCUT2D eigenvalue weighted by Crippen LogP contribution is -2.10. The van der Waals surface area contributed by atoms with Crippen molar-refractivity contribution in [2.24, 2.45) is 5.73 Å². The minimum atomic E-state index is -0.405. The van der Waals surface area contributed by atoms with E-state index in [-0.39, 0.29) is 6.04 Å². The third-order valence-corrected chi connectivity index (χ3v) is 4.14. The second-order valence-corrected chi connectivity index (χ2v) is 6.01. The van der Waals surface area contributed by atoms with Crippen LogP contribution in [0.5, 0.6) is 5.75 Å². The van der Waals surface area contributed by atoms with E-state index in [1.165, 1.54) is 0 Å². The molecule has 25 heavy (non-hydrogen) atoms. The second kappa shape index (κ2) is 8.45. The van der Waals surface area contributed by atoms with E-state index in [9.17, 15) is 4.39 Å². The number of benzene rings is 3. The van der Waals surface area contributed by atoms with E-state index in [0.717, 1.165) is 28.0 Å². The van der Waals surface area contributed by atoms with Crippen molar-refractivity contribution in [3.05, 3.63) is 90.0 Å². The predicted octanol–water partition coefficient (Wildman–Crippen LogP) is 5.29. The fraction of sp³-hybridized carbons (Fsp3) is 0.182. The van der Waals surface area contributed by atoms with E-state index in [0.29, 0.717) is 13.0 Å². The zero-order valence-corrected chi connectivity index (χ0v) is 14.1. The highest BCUT2D eigenvalue weighted by molar-refractivity contribution is 5.65. The van der Waals surface area contributed by atoms with E-state index < -0.39 is 6.67 Å². The number of alkyl halides is 1. The number of nitrogens with two attached hydrogens (primary N) is 1. The Morgan fingerprint density at radius 1 is 0.840 bits per heavy atom. The van der Waals surface area contributed by atoms with E-state index in [4.69, 9.17) is 10.5 Å². The highest BCUT2D eigenvalue weighted by atomic mass is 19.1. The molecule has 0 fully saturated rings. The average Bonchev–Trinajstić information content (AvgIpc) is 2.68. The number of rotatable bonds is 7. The van der Waals surface area contributed by atoms with E-state index in [1.54, 1.807) is 0 Å². The molecule has 0 aromatic heterocycles. The number of para-hydroxylation sites is 1. The summed E-state index contributed by atoms with van der Waals surface area (Å²) in [5, 5.41) is 0. The smallest absolute Gasteiger partial charge is 0.119 e. The molecular weight excluding hydrogens is 313 g/mol. The minimum Gasteiger partial charge on any atom is -0.489 e. The summed E-state index contributed by atoms with van der Waals surface area (Å²) >= 11 is 0. The highest BCUT2D eigenvalue weighted by Crippen LogP contribution is 2.25.